The van der Waals surface area contributed by atoms with E-state index in [-0.39, 0.29) is 17.3 Å². The molecule has 2 amide bonds. The molecule has 0 atom stereocenters. The number of pyridine rings is 1. The maximum absolute atomic E-state index is 13.8. The van der Waals surface area contributed by atoms with Crippen LogP contribution < -0.4 is 10.6 Å². The fourth-order valence-corrected chi connectivity index (χ4v) is 3.45. The molecule has 0 aliphatic rings. The van der Waals surface area contributed by atoms with Crippen LogP contribution >= 0.6 is 0 Å². The van der Waals surface area contributed by atoms with Crippen LogP contribution in [0.15, 0.2) is 91.1 Å². The molecule has 8 heteroatoms. The number of halogens is 1. The van der Waals surface area contributed by atoms with E-state index in [4.69, 9.17) is 0 Å². The van der Waals surface area contributed by atoms with Gasteiger partial charge in [0.15, 0.2) is 0 Å². The van der Waals surface area contributed by atoms with Gasteiger partial charge in [-0.1, -0.05) is 30.3 Å². The minimum atomic E-state index is -0.605. The van der Waals surface area contributed by atoms with Crippen molar-refractivity contribution in [1.82, 2.24) is 15.0 Å². The number of anilines is 2. The molecule has 0 saturated heterocycles. The van der Waals surface area contributed by atoms with Gasteiger partial charge < -0.3 is 15.6 Å². The smallest absolute Gasteiger partial charge is 0.259 e. The van der Waals surface area contributed by atoms with E-state index in [0.29, 0.717) is 28.1 Å². The van der Waals surface area contributed by atoms with Gasteiger partial charge in [0, 0.05) is 22.9 Å². The van der Waals surface area contributed by atoms with E-state index in [1.807, 2.05) is 30.3 Å². The second-order valence-electron chi connectivity index (χ2n) is 7.50. The van der Waals surface area contributed by atoms with Gasteiger partial charge in [-0.25, -0.2) is 14.4 Å². The SMILES string of the molecule is O=C(Nc1ccc(-c2nc3cc(NC(=O)c4ccccc4F)ncc3[nH]2)cc1)c1ccccc1. The molecule has 0 aliphatic carbocycles. The third-order valence-electron chi connectivity index (χ3n) is 5.18. The van der Waals surface area contributed by atoms with Crippen molar-refractivity contribution >= 4 is 34.4 Å². The van der Waals surface area contributed by atoms with Gasteiger partial charge in [0.2, 0.25) is 0 Å². The van der Waals surface area contributed by atoms with Crippen LogP contribution in [0.1, 0.15) is 20.7 Å². The Labute approximate surface area is 193 Å². The molecule has 0 radical (unpaired) electrons. The third kappa shape index (κ3) is 4.37. The number of H-pyrrole nitrogens is 1. The molecule has 166 valence electrons. The van der Waals surface area contributed by atoms with Crippen LogP contribution in [-0.4, -0.2) is 26.8 Å². The summed E-state index contributed by atoms with van der Waals surface area (Å²) in [6.07, 6.45) is 1.55. The number of imidazole rings is 1. The first kappa shape index (κ1) is 21.0. The van der Waals surface area contributed by atoms with Gasteiger partial charge in [-0.05, 0) is 48.5 Å². The highest BCUT2D eigenvalue weighted by Crippen LogP contribution is 2.23. The zero-order chi connectivity index (χ0) is 23.5. The van der Waals surface area contributed by atoms with Crippen molar-refractivity contribution in [2.75, 3.05) is 10.6 Å². The number of aromatic nitrogens is 3. The highest BCUT2D eigenvalue weighted by molar-refractivity contribution is 6.05. The first-order valence-corrected chi connectivity index (χ1v) is 10.5. The molecule has 0 saturated carbocycles. The summed E-state index contributed by atoms with van der Waals surface area (Å²) in [5.41, 5.74) is 3.26. The summed E-state index contributed by atoms with van der Waals surface area (Å²) in [4.78, 5) is 36.6. The Morgan fingerprint density at radius 2 is 1.56 bits per heavy atom. The average molecular weight is 451 g/mol. The predicted molar refractivity (Wildman–Crippen MR) is 128 cm³/mol. The molecule has 0 unspecified atom stereocenters. The number of aromatic amines is 1. The van der Waals surface area contributed by atoms with Crippen LogP contribution in [0.3, 0.4) is 0 Å². The Morgan fingerprint density at radius 3 is 2.32 bits per heavy atom. The highest BCUT2D eigenvalue weighted by atomic mass is 19.1. The van der Waals surface area contributed by atoms with Gasteiger partial charge in [-0.2, -0.15) is 0 Å². The van der Waals surface area contributed by atoms with E-state index in [1.54, 1.807) is 42.6 Å². The van der Waals surface area contributed by atoms with E-state index < -0.39 is 11.7 Å². The van der Waals surface area contributed by atoms with Crippen molar-refractivity contribution in [2.45, 2.75) is 0 Å². The molecule has 2 heterocycles. The number of carbonyl (C=O) groups is 2. The molecular weight excluding hydrogens is 433 g/mol. The number of nitrogens with one attached hydrogen (secondary N) is 3. The lowest BCUT2D eigenvalue weighted by Gasteiger charge is -2.05. The van der Waals surface area contributed by atoms with Gasteiger partial charge in [0.05, 0.1) is 22.8 Å². The number of benzene rings is 3. The van der Waals surface area contributed by atoms with Crippen molar-refractivity contribution < 1.29 is 14.0 Å². The van der Waals surface area contributed by atoms with E-state index in [1.165, 1.54) is 18.2 Å². The van der Waals surface area contributed by atoms with Gasteiger partial charge in [0.25, 0.3) is 11.8 Å². The predicted octanol–water partition coefficient (Wildman–Crippen LogP) is 5.27. The Balaban J connectivity index is 1.32. The molecule has 3 aromatic carbocycles. The van der Waals surface area contributed by atoms with E-state index in [2.05, 4.69) is 25.6 Å². The fraction of sp³-hybridized carbons (Fsp3) is 0. The van der Waals surface area contributed by atoms with Crippen LogP contribution in [0.4, 0.5) is 15.9 Å². The lowest BCUT2D eigenvalue weighted by molar-refractivity contribution is 0.101. The second kappa shape index (κ2) is 8.95. The minimum Gasteiger partial charge on any atom is -0.337 e. The van der Waals surface area contributed by atoms with Crippen molar-refractivity contribution in [3.63, 3.8) is 0 Å². The lowest BCUT2D eigenvalue weighted by Crippen LogP contribution is -2.14. The highest BCUT2D eigenvalue weighted by Gasteiger charge is 2.13. The zero-order valence-corrected chi connectivity index (χ0v) is 17.7. The summed E-state index contributed by atoms with van der Waals surface area (Å²) in [5, 5.41) is 5.46. The molecule has 0 spiro atoms. The number of hydrogen-bond acceptors (Lipinski definition) is 4. The van der Waals surface area contributed by atoms with Crippen molar-refractivity contribution in [3.8, 4) is 11.4 Å². The molecule has 3 N–H and O–H groups in total. The Hall–Kier alpha value is -4.85. The summed E-state index contributed by atoms with van der Waals surface area (Å²) in [7, 11) is 0. The third-order valence-corrected chi connectivity index (χ3v) is 5.18. The normalized spacial score (nSPS) is 10.7. The molecule has 5 aromatic rings. The maximum atomic E-state index is 13.8. The van der Waals surface area contributed by atoms with Crippen LogP contribution in [0.5, 0.6) is 0 Å². The summed E-state index contributed by atoms with van der Waals surface area (Å²) in [5.74, 6) is -0.512. The largest absolute Gasteiger partial charge is 0.337 e. The zero-order valence-electron chi connectivity index (χ0n) is 17.7. The molecule has 0 aliphatic heterocycles. The van der Waals surface area contributed by atoms with Crippen molar-refractivity contribution in [1.29, 1.82) is 0 Å². The van der Waals surface area contributed by atoms with E-state index >= 15 is 0 Å². The first-order valence-electron chi connectivity index (χ1n) is 10.5. The van der Waals surface area contributed by atoms with Gasteiger partial charge in [-0.3, -0.25) is 9.59 Å². The van der Waals surface area contributed by atoms with Crippen LogP contribution in [-0.2, 0) is 0 Å². The minimum absolute atomic E-state index is 0.0634. The number of nitrogens with zero attached hydrogens (tertiary/aromatic N) is 2. The number of hydrogen-bond donors (Lipinski definition) is 3. The molecule has 5 rings (SSSR count). The maximum Gasteiger partial charge on any atom is 0.259 e. The van der Waals surface area contributed by atoms with Gasteiger partial charge in [-0.15, -0.1) is 0 Å². The second-order valence-corrected chi connectivity index (χ2v) is 7.50. The van der Waals surface area contributed by atoms with Crippen molar-refractivity contribution in [2.24, 2.45) is 0 Å². The molecule has 0 bridgehead atoms. The Bertz CT molecular complexity index is 1500. The van der Waals surface area contributed by atoms with Gasteiger partial charge in [0.1, 0.15) is 17.5 Å². The van der Waals surface area contributed by atoms with E-state index in [0.717, 1.165) is 5.56 Å². The van der Waals surface area contributed by atoms with Crippen LogP contribution in [0.25, 0.3) is 22.4 Å². The standard InChI is InChI=1S/C26H18FN5O2/c27-20-9-5-4-8-19(20)26(34)32-23-14-21-22(15-28-23)31-24(30-21)16-10-12-18(13-11-16)29-25(33)17-6-2-1-3-7-17/h1-15H,(H,29,33)(H,30,31)(H,28,32,34). The number of fused-ring (bicyclic) bond motifs is 1. The quantitative estimate of drug-likeness (QED) is 0.339. The van der Waals surface area contributed by atoms with Crippen LogP contribution in [0.2, 0.25) is 0 Å². The first-order chi connectivity index (χ1) is 16.6. The summed E-state index contributed by atoms with van der Waals surface area (Å²) in [6.45, 7) is 0. The van der Waals surface area contributed by atoms with Crippen molar-refractivity contribution in [3.05, 3.63) is 108 Å². The molecule has 7 nitrogen and oxygen atoms in total. The van der Waals surface area contributed by atoms with Gasteiger partial charge >= 0.3 is 0 Å². The average Bonchev–Trinajstić information content (AvgIpc) is 3.29. The fourth-order valence-electron chi connectivity index (χ4n) is 3.45. The molecule has 34 heavy (non-hydrogen) atoms. The Kier molecular flexibility index (Phi) is 5.53. The topological polar surface area (TPSA) is 99.8 Å². The lowest BCUT2D eigenvalue weighted by atomic mass is 10.1. The van der Waals surface area contributed by atoms with E-state index in [9.17, 15) is 14.0 Å². The monoisotopic (exact) mass is 451 g/mol. The summed E-state index contributed by atoms with van der Waals surface area (Å²) < 4.78 is 13.8. The number of rotatable bonds is 5. The Morgan fingerprint density at radius 1 is 0.824 bits per heavy atom. The number of carbonyl (C=O) groups excluding carboxylic acids is 2. The number of amides is 2. The molecule has 0 fully saturated rings. The van der Waals surface area contributed by atoms with Crippen LogP contribution in [0, 0.1) is 5.82 Å². The molecular formula is C26H18FN5O2. The summed E-state index contributed by atoms with van der Waals surface area (Å²) in [6, 6.07) is 23.6. The molecule has 2 aromatic heterocycles. The summed E-state index contributed by atoms with van der Waals surface area (Å²) >= 11 is 0.